The summed E-state index contributed by atoms with van der Waals surface area (Å²) in [6.07, 6.45) is 1.51. The van der Waals surface area contributed by atoms with Crippen LogP contribution in [0.1, 0.15) is 13.8 Å². The minimum atomic E-state index is -0.382. The number of ether oxygens (including phenoxy) is 1. The molecule has 0 aromatic carbocycles. The fourth-order valence-corrected chi connectivity index (χ4v) is 1.14. The molecule has 0 bridgehead atoms. The van der Waals surface area contributed by atoms with Crippen molar-refractivity contribution in [2.24, 2.45) is 0 Å². The summed E-state index contributed by atoms with van der Waals surface area (Å²) in [7, 11) is 0. The third-order valence-electron chi connectivity index (χ3n) is 1.84. The molecule has 0 radical (unpaired) electrons. The van der Waals surface area contributed by atoms with Crippen molar-refractivity contribution in [3.8, 4) is 0 Å². The van der Waals surface area contributed by atoms with Gasteiger partial charge in [-0.1, -0.05) is 0 Å². The monoisotopic (exact) mass is 198 g/mol. The Morgan fingerprint density at radius 1 is 1.71 bits per heavy atom. The molecule has 1 heterocycles. The lowest BCUT2D eigenvalue weighted by Crippen LogP contribution is -2.24. The Bertz CT molecular complexity index is 273. The van der Waals surface area contributed by atoms with Crippen molar-refractivity contribution in [2.75, 3.05) is 19.7 Å². The molecule has 0 unspecified atom stereocenters. The molecule has 2 amide bonds. The molecule has 1 saturated heterocycles. The quantitative estimate of drug-likeness (QED) is 0.530. The van der Waals surface area contributed by atoms with Gasteiger partial charge >= 0.3 is 12.0 Å². The van der Waals surface area contributed by atoms with Crippen molar-refractivity contribution in [3.63, 3.8) is 0 Å². The molecule has 14 heavy (non-hydrogen) atoms. The van der Waals surface area contributed by atoms with Crippen LogP contribution in [0.5, 0.6) is 0 Å². The summed E-state index contributed by atoms with van der Waals surface area (Å²) in [5, 5.41) is 2.64. The van der Waals surface area contributed by atoms with Crippen LogP contribution in [0.2, 0.25) is 0 Å². The molecule has 1 aliphatic heterocycles. The second-order valence-corrected chi connectivity index (χ2v) is 2.96. The van der Waals surface area contributed by atoms with Crippen molar-refractivity contribution < 1.29 is 14.3 Å². The van der Waals surface area contributed by atoms with Crippen LogP contribution in [0.4, 0.5) is 4.79 Å². The van der Waals surface area contributed by atoms with Crippen LogP contribution in [0.25, 0.3) is 0 Å². The van der Waals surface area contributed by atoms with Gasteiger partial charge in [0, 0.05) is 19.3 Å². The standard InChI is InChI=1S/C9H14N2O3/c1-3-14-8(12)7(2)6-11-5-4-10-9(11)13/h6H,3-5H2,1-2H3,(H,10,13)/b7-6+. The van der Waals surface area contributed by atoms with Gasteiger partial charge in [0.2, 0.25) is 0 Å². The Balaban J connectivity index is 2.58. The van der Waals surface area contributed by atoms with Crippen molar-refractivity contribution in [3.05, 3.63) is 11.8 Å². The Morgan fingerprint density at radius 3 is 2.93 bits per heavy atom. The summed E-state index contributed by atoms with van der Waals surface area (Å²) in [5.74, 6) is -0.382. The van der Waals surface area contributed by atoms with Crippen LogP contribution < -0.4 is 5.32 Å². The van der Waals surface area contributed by atoms with Gasteiger partial charge in [-0.15, -0.1) is 0 Å². The molecule has 1 fully saturated rings. The number of urea groups is 1. The highest BCUT2D eigenvalue weighted by Crippen LogP contribution is 2.03. The highest BCUT2D eigenvalue weighted by atomic mass is 16.5. The van der Waals surface area contributed by atoms with Gasteiger partial charge < -0.3 is 10.1 Å². The van der Waals surface area contributed by atoms with Crippen LogP contribution in [-0.2, 0) is 9.53 Å². The smallest absolute Gasteiger partial charge is 0.335 e. The molecule has 0 aromatic heterocycles. The van der Waals surface area contributed by atoms with E-state index < -0.39 is 0 Å². The van der Waals surface area contributed by atoms with E-state index >= 15 is 0 Å². The lowest BCUT2D eigenvalue weighted by molar-refractivity contribution is -0.138. The molecule has 0 saturated carbocycles. The molecule has 1 aliphatic rings. The minimum absolute atomic E-state index is 0.173. The second-order valence-electron chi connectivity index (χ2n) is 2.96. The number of esters is 1. The number of hydrogen-bond donors (Lipinski definition) is 1. The van der Waals surface area contributed by atoms with Crippen LogP contribution in [0.15, 0.2) is 11.8 Å². The number of carbonyl (C=O) groups excluding carboxylic acids is 2. The van der Waals surface area contributed by atoms with Crippen LogP contribution in [-0.4, -0.2) is 36.6 Å². The Kier molecular flexibility index (Phi) is 3.50. The maximum atomic E-state index is 11.2. The van der Waals surface area contributed by atoms with Crippen molar-refractivity contribution in [1.82, 2.24) is 10.2 Å². The lowest BCUT2D eigenvalue weighted by atomic mass is 10.3. The molecule has 5 nitrogen and oxygen atoms in total. The molecule has 0 aliphatic carbocycles. The highest BCUT2D eigenvalue weighted by molar-refractivity contribution is 5.88. The molecular weight excluding hydrogens is 184 g/mol. The third kappa shape index (κ3) is 2.48. The predicted octanol–water partition coefficient (Wildman–Crippen LogP) is 0.479. The first-order valence-electron chi connectivity index (χ1n) is 4.55. The maximum absolute atomic E-state index is 11.2. The molecule has 0 atom stereocenters. The van der Waals surface area contributed by atoms with Gasteiger partial charge in [0.15, 0.2) is 0 Å². The lowest BCUT2D eigenvalue weighted by Gasteiger charge is -2.09. The van der Waals surface area contributed by atoms with E-state index in [1.165, 1.54) is 11.1 Å². The Labute approximate surface area is 82.7 Å². The zero-order valence-corrected chi connectivity index (χ0v) is 8.37. The van der Waals surface area contributed by atoms with Gasteiger partial charge in [-0.25, -0.2) is 9.59 Å². The van der Waals surface area contributed by atoms with Crippen molar-refractivity contribution in [1.29, 1.82) is 0 Å². The number of nitrogens with one attached hydrogen (secondary N) is 1. The second kappa shape index (κ2) is 4.64. The summed E-state index contributed by atoms with van der Waals surface area (Å²) in [6, 6.07) is -0.173. The van der Waals surface area contributed by atoms with Gasteiger partial charge in [-0.3, -0.25) is 4.90 Å². The first kappa shape index (κ1) is 10.6. The van der Waals surface area contributed by atoms with Crippen LogP contribution in [0.3, 0.4) is 0 Å². The zero-order chi connectivity index (χ0) is 10.6. The van der Waals surface area contributed by atoms with Crippen molar-refractivity contribution in [2.45, 2.75) is 13.8 Å². The molecular formula is C9H14N2O3. The summed E-state index contributed by atoms with van der Waals surface area (Å²) in [5.41, 5.74) is 0.434. The van der Waals surface area contributed by atoms with E-state index in [2.05, 4.69) is 5.32 Å². The average molecular weight is 198 g/mol. The molecule has 78 valence electrons. The molecule has 5 heteroatoms. The van der Waals surface area contributed by atoms with Crippen LogP contribution >= 0.6 is 0 Å². The topological polar surface area (TPSA) is 58.6 Å². The number of nitrogens with zero attached hydrogens (tertiary/aromatic N) is 1. The molecule has 1 rings (SSSR count). The largest absolute Gasteiger partial charge is 0.463 e. The first-order chi connectivity index (χ1) is 6.65. The fourth-order valence-electron chi connectivity index (χ4n) is 1.14. The van der Waals surface area contributed by atoms with E-state index in [1.54, 1.807) is 13.8 Å². The minimum Gasteiger partial charge on any atom is -0.463 e. The fraction of sp³-hybridized carbons (Fsp3) is 0.556. The first-order valence-corrected chi connectivity index (χ1v) is 4.55. The van der Waals surface area contributed by atoms with E-state index in [9.17, 15) is 9.59 Å². The van der Waals surface area contributed by atoms with Gasteiger partial charge in [-0.05, 0) is 13.8 Å². The third-order valence-corrected chi connectivity index (χ3v) is 1.84. The highest BCUT2D eigenvalue weighted by Gasteiger charge is 2.18. The van der Waals surface area contributed by atoms with Gasteiger partial charge in [0.05, 0.1) is 12.2 Å². The summed E-state index contributed by atoms with van der Waals surface area (Å²) in [4.78, 5) is 23.8. The van der Waals surface area contributed by atoms with E-state index in [-0.39, 0.29) is 12.0 Å². The average Bonchev–Trinajstić information content (AvgIpc) is 2.52. The Morgan fingerprint density at radius 2 is 2.43 bits per heavy atom. The number of rotatable bonds is 3. The molecule has 0 aromatic rings. The predicted molar refractivity (Wildman–Crippen MR) is 50.5 cm³/mol. The van der Waals surface area contributed by atoms with E-state index in [0.717, 1.165) is 0 Å². The number of hydrogen-bond acceptors (Lipinski definition) is 3. The van der Waals surface area contributed by atoms with Gasteiger partial charge in [-0.2, -0.15) is 0 Å². The molecule has 1 N–H and O–H groups in total. The Hall–Kier alpha value is -1.52. The van der Waals surface area contributed by atoms with Crippen molar-refractivity contribution >= 4 is 12.0 Å². The number of carbonyl (C=O) groups is 2. The summed E-state index contributed by atoms with van der Waals surface area (Å²) in [6.45, 7) is 4.93. The van der Waals surface area contributed by atoms with Gasteiger partial charge in [0.25, 0.3) is 0 Å². The molecule has 0 spiro atoms. The SMILES string of the molecule is CCOC(=O)/C(C)=C/N1CCNC1=O. The zero-order valence-electron chi connectivity index (χ0n) is 8.37. The normalized spacial score (nSPS) is 16.9. The van der Waals surface area contributed by atoms with E-state index in [0.29, 0.717) is 25.3 Å². The van der Waals surface area contributed by atoms with E-state index in [4.69, 9.17) is 4.74 Å². The maximum Gasteiger partial charge on any atom is 0.335 e. The van der Waals surface area contributed by atoms with Gasteiger partial charge in [0.1, 0.15) is 0 Å². The summed E-state index contributed by atoms with van der Waals surface area (Å²) < 4.78 is 4.78. The number of amides is 2. The van der Waals surface area contributed by atoms with E-state index in [1.807, 2.05) is 0 Å². The summed E-state index contributed by atoms with van der Waals surface area (Å²) >= 11 is 0. The van der Waals surface area contributed by atoms with Crippen LogP contribution in [0, 0.1) is 0 Å².